The first-order valence-electron chi connectivity index (χ1n) is 16.8. The summed E-state index contributed by atoms with van der Waals surface area (Å²) in [5.74, 6) is -1.84. The lowest BCUT2D eigenvalue weighted by Crippen LogP contribution is -2.70. The molecule has 8 heteroatoms. The molecule has 0 radical (unpaired) electrons. The largest absolute Gasteiger partial charge is 0.473 e. The van der Waals surface area contributed by atoms with Crippen LogP contribution in [0.1, 0.15) is 124 Å². The Morgan fingerprint density at radius 2 is 0.957 bits per heavy atom. The van der Waals surface area contributed by atoms with Gasteiger partial charge in [-0.25, -0.2) is 9.59 Å². The van der Waals surface area contributed by atoms with E-state index < -0.39 is 11.9 Å². The highest BCUT2D eigenvalue weighted by atomic mass is 16.4. The summed E-state index contributed by atoms with van der Waals surface area (Å²) >= 11 is 0. The van der Waals surface area contributed by atoms with Gasteiger partial charge >= 0.3 is 11.9 Å². The maximum Gasteiger partial charge on any atom is 0.401 e. The van der Waals surface area contributed by atoms with Gasteiger partial charge in [-0.15, -0.1) is 0 Å². The zero-order valence-corrected chi connectivity index (χ0v) is 28.9. The van der Waals surface area contributed by atoms with Gasteiger partial charge in [-0.2, -0.15) is 9.98 Å². The molecule has 0 spiro atoms. The third-order valence-electron chi connectivity index (χ3n) is 9.90. The number of carboxylic acids is 2. The second-order valence-electron chi connectivity index (χ2n) is 12.8. The van der Waals surface area contributed by atoms with Gasteiger partial charge in [0.1, 0.15) is 0 Å². The van der Waals surface area contributed by atoms with Crippen molar-refractivity contribution in [2.75, 3.05) is 0 Å². The van der Waals surface area contributed by atoms with Gasteiger partial charge in [0.25, 0.3) is 11.4 Å². The maximum absolute atomic E-state index is 11.6. The number of allylic oxidation sites excluding steroid dienone is 2. The summed E-state index contributed by atoms with van der Waals surface area (Å²) < 4.78 is 0. The Morgan fingerprint density at radius 3 is 1.28 bits per heavy atom. The van der Waals surface area contributed by atoms with Gasteiger partial charge in [0, 0.05) is 57.2 Å². The molecule has 4 heterocycles. The predicted molar refractivity (Wildman–Crippen MR) is 185 cm³/mol. The predicted octanol–water partition coefficient (Wildman–Crippen LogP) is 5.08. The Kier molecular flexibility index (Phi) is 11.3. The molecule has 2 aliphatic heterocycles. The molecule has 0 amide bonds. The van der Waals surface area contributed by atoms with Gasteiger partial charge in [0.15, 0.2) is 0 Å². The molecule has 2 aromatic rings. The van der Waals surface area contributed by atoms with Crippen molar-refractivity contribution in [3.05, 3.63) is 78.7 Å². The van der Waals surface area contributed by atoms with Crippen molar-refractivity contribution in [1.82, 2.24) is 9.97 Å². The molecule has 0 aromatic carbocycles. The minimum atomic E-state index is -0.919. The van der Waals surface area contributed by atoms with Gasteiger partial charge in [0.05, 0.1) is 0 Å². The minimum absolute atomic E-state index is 0.275. The van der Waals surface area contributed by atoms with Crippen LogP contribution < -0.4 is 9.98 Å². The molecule has 0 unspecified atom stereocenters. The molecule has 6 N–H and O–H groups in total. The highest BCUT2D eigenvalue weighted by Gasteiger charge is 2.33. The summed E-state index contributed by atoms with van der Waals surface area (Å²) in [6, 6.07) is 0. The van der Waals surface area contributed by atoms with E-state index in [9.17, 15) is 19.8 Å². The Morgan fingerprint density at radius 1 is 0.609 bits per heavy atom. The second kappa shape index (κ2) is 14.9. The van der Waals surface area contributed by atoms with Crippen LogP contribution >= 0.6 is 0 Å². The SMILES string of the molecule is CCC1=C(C)C(C(=O)O)=[NH+]/C1=C\c1[nH]c(C)c(CCCCCCCCc2c(C)[nH]c(/C=C3\[NH+]=C(C(=O)O)C(C)=C3CC)c2C)c1C. The highest BCUT2D eigenvalue weighted by Crippen LogP contribution is 2.27. The van der Waals surface area contributed by atoms with Crippen molar-refractivity contribution in [2.24, 2.45) is 0 Å². The van der Waals surface area contributed by atoms with Crippen LogP contribution in [-0.2, 0) is 22.4 Å². The Hall–Kier alpha value is -4.20. The van der Waals surface area contributed by atoms with Crippen molar-refractivity contribution in [3.8, 4) is 0 Å². The zero-order valence-electron chi connectivity index (χ0n) is 28.9. The van der Waals surface area contributed by atoms with Crippen molar-refractivity contribution in [2.45, 2.75) is 120 Å². The number of aryl methyl sites for hydroxylation is 2. The van der Waals surface area contributed by atoms with Crippen LogP contribution in [0.4, 0.5) is 0 Å². The number of carbonyl (C=O) groups is 2. The summed E-state index contributed by atoms with van der Waals surface area (Å²) in [5.41, 5.74) is 15.8. The van der Waals surface area contributed by atoms with Crippen molar-refractivity contribution in [3.63, 3.8) is 0 Å². The summed E-state index contributed by atoms with van der Waals surface area (Å²) in [5, 5.41) is 19.1. The van der Waals surface area contributed by atoms with E-state index in [-0.39, 0.29) is 11.4 Å². The molecular weight excluding hydrogens is 576 g/mol. The molecule has 0 atom stereocenters. The van der Waals surface area contributed by atoms with E-state index in [4.69, 9.17) is 0 Å². The molecule has 0 saturated heterocycles. The molecule has 4 rings (SSSR count). The quantitative estimate of drug-likeness (QED) is 0.154. The Balaban J connectivity index is 1.26. The van der Waals surface area contributed by atoms with Gasteiger partial charge in [-0.05, 0) is 102 Å². The molecule has 46 heavy (non-hydrogen) atoms. The zero-order chi connectivity index (χ0) is 33.7. The summed E-state index contributed by atoms with van der Waals surface area (Å²) in [6.07, 6.45) is 14.9. The third kappa shape index (κ3) is 7.27. The van der Waals surface area contributed by atoms with E-state index in [1.165, 1.54) is 59.3 Å². The van der Waals surface area contributed by atoms with Gasteiger partial charge in [-0.3, -0.25) is 0 Å². The molecule has 0 saturated carbocycles. The lowest BCUT2D eigenvalue weighted by atomic mass is 9.99. The minimum Gasteiger partial charge on any atom is -0.473 e. The van der Waals surface area contributed by atoms with Crippen LogP contribution in [0, 0.1) is 27.7 Å². The molecule has 2 aliphatic rings. The van der Waals surface area contributed by atoms with E-state index in [1.807, 2.05) is 13.8 Å². The first-order chi connectivity index (χ1) is 21.9. The first-order valence-corrected chi connectivity index (χ1v) is 16.8. The van der Waals surface area contributed by atoms with Crippen LogP contribution in [0.5, 0.6) is 0 Å². The Labute approximate surface area is 273 Å². The van der Waals surface area contributed by atoms with Gasteiger partial charge in [-0.1, -0.05) is 39.5 Å². The number of H-pyrrole nitrogens is 2. The first kappa shape index (κ1) is 34.7. The average Bonchev–Trinajstić information content (AvgIpc) is 3.67. The van der Waals surface area contributed by atoms with E-state index in [2.05, 4.69) is 73.6 Å². The molecule has 8 nitrogen and oxygen atoms in total. The number of aromatic amines is 2. The fourth-order valence-corrected chi connectivity index (χ4v) is 7.17. The van der Waals surface area contributed by atoms with Gasteiger partial charge in [0.2, 0.25) is 11.4 Å². The highest BCUT2D eigenvalue weighted by molar-refractivity contribution is 6.41. The fourth-order valence-electron chi connectivity index (χ4n) is 7.17. The summed E-state index contributed by atoms with van der Waals surface area (Å²) in [7, 11) is 0. The molecule has 0 aliphatic carbocycles. The Bertz CT molecular complexity index is 1590. The molecule has 0 bridgehead atoms. The van der Waals surface area contributed by atoms with Crippen LogP contribution in [0.3, 0.4) is 0 Å². The number of hydrogen-bond acceptors (Lipinski definition) is 2. The number of carboxylic acid groups (broad SMARTS) is 2. The van der Waals surface area contributed by atoms with E-state index >= 15 is 0 Å². The third-order valence-corrected chi connectivity index (χ3v) is 9.90. The molecule has 0 fully saturated rings. The normalized spacial score (nSPS) is 16.8. The van der Waals surface area contributed by atoms with E-state index in [0.717, 1.165) is 83.6 Å². The van der Waals surface area contributed by atoms with E-state index in [1.54, 1.807) is 0 Å². The number of unbranched alkanes of at least 4 members (excludes halogenated alkanes) is 5. The number of rotatable bonds is 15. The number of hydrogen-bond donors (Lipinski definition) is 6. The van der Waals surface area contributed by atoms with Crippen LogP contribution in [-0.4, -0.2) is 43.5 Å². The standard InChI is InChI=1S/C38H50N4O4/c1-9-27-23(5)35(37(43)44)41-33(27)19-31-21(3)29(25(7)39-31)17-15-13-11-12-14-16-18-30-22(4)32(40-26(30)8)20-34-28(10-2)24(6)36(42-34)38(45)46/h19-20,39-40H,9-18H2,1-8H3,(H,43,44)(H,45,46)/p+2/b33-19-,34-20-. The molecule has 2 aromatic heterocycles. The molecular formula is C38H52N4O4+2. The summed E-state index contributed by atoms with van der Waals surface area (Å²) in [6.45, 7) is 16.5. The average molecular weight is 629 g/mol. The lowest BCUT2D eigenvalue weighted by molar-refractivity contribution is -0.386. The second-order valence-corrected chi connectivity index (χ2v) is 12.8. The summed E-state index contributed by atoms with van der Waals surface area (Å²) in [4.78, 5) is 36.6. The maximum atomic E-state index is 11.6. The van der Waals surface area contributed by atoms with Crippen molar-refractivity contribution in [1.29, 1.82) is 0 Å². The van der Waals surface area contributed by atoms with Crippen LogP contribution in [0.2, 0.25) is 0 Å². The van der Waals surface area contributed by atoms with Crippen LogP contribution in [0.15, 0.2) is 33.7 Å². The lowest BCUT2D eigenvalue weighted by Gasteiger charge is -2.05. The monoisotopic (exact) mass is 628 g/mol. The smallest absolute Gasteiger partial charge is 0.401 e. The van der Waals surface area contributed by atoms with E-state index in [0.29, 0.717) is 0 Å². The number of nitrogens with one attached hydrogen (secondary N) is 4. The van der Waals surface area contributed by atoms with Crippen LogP contribution in [0.25, 0.3) is 12.2 Å². The van der Waals surface area contributed by atoms with Crippen molar-refractivity contribution >= 4 is 35.5 Å². The molecule has 246 valence electrons. The van der Waals surface area contributed by atoms with Crippen molar-refractivity contribution < 1.29 is 29.8 Å². The van der Waals surface area contributed by atoms with Gasteiger partial charge < -0.3 is 20.2 Å². The fraction of sp³-hybridized carbons (Fsp3) is 0.474. The topological polar surface area (TPSA) is 134 Å². The number of aromatic nitrogens is 2. The number of aliphatic carboxylic acids is 2.